The van der Waals surface area contributed by atoms with Gasteiger partial charge in [-0.05, 0) is 6.42 Å². The molecule has 0 aromatic heterocycles. The average molecular weight is 127 g/mol. The molecule has 0 saturated carbocycles. The van der Waals surface area contributed by atoms with Gasteiger partial charge < -0.3 is 4.84 Å². The summed E-state index contributed by atoms with van der Waals surface area (Å²) in [4.78, 5) is 4.86. The van der Waals surface area contributed by atoms with E-state index in [9.17, 15) is 0 Å². The molecule has 0 heterocycles. The fourth-order valence-electron chi connectivity index (χ4n) is 0.495. The Morgan fingerprint density at radius 2 is 2.33 bits per heavy atom. The van der Waals surface area contributed by atoms with Crippen LogP contribution in [-0.2, 0) is 4.84 Å². The number of hydrogen-bond acceptors (Lipinski definition) is 2. The maximum atomic E-state index is 5.05. The van der Waals surface area contributed by atoms with Gasteiger partial charge in [0.15, 0.2) is 0 Å². The molecular formula is C7H13NO. The molecule has 0 aliphatic carbocycles. The third-order valence-corrected chi connectivity index (χ3v) is 1.11. The van der Waals surface area contributed by atoms with Crippen LogP contribution in [0.15, 0.2) is 0 Å². The Balaban J connectivity index is 2.99. The molecule has 0 fully saturated rings. The fraction of sp³-hybridized carbons (Fsp3) is 0.714. The Labute approximate surface area is 56.8 Å². The average Bonchev–Trinajstić information content (AvgIpc) is 1.89. The van der Waals surface area contributed by atoms with E-state index in [2.05, 4.69) is 5.92 Å². The van der Waals surface area contributed by atoms with Gasteiger partial charge >= 0.3 is 0 Å². The smallest absolute Gasteiger partial charge is 0.0575 e. The second-order valence-corrected chi connectivity index (χ2v) is 1.84. The molecule has 0 aromatic rings. The summed E-state index contributed by atoms with van der Waals surface area (Å²) in [6.07, 6.45) is 6.87. The van der Waals surface area contributed by atoms with E-state index in [1.54, 1.807) is 12.2 Å². The molecular weight excluding hydrogens is 114 g/mol. The molecule has 0 N–H and O–H groups in total. The molecule has 0 unspecified atom stereocenters. The van der Waals surface area contributed by atoms with Crippen molar-refractivity contribution in [2.75, 3.05) is 20.7 Å². The highest BCUT2D eigenvalue weighted by Gasteiger charge is 1.91. The Morgan fingerprint density at radius 1 is 1.67 bits per heavy atom. The van der Waals surface area contributed by atoms with Crippen molar-refractivity contribution >= 4 is 0 Å². The van der Waals surface area contributed by atoms with Crippen LogP contribution in [0.25, 0.3) is 0 Å². The van der Waals surface area contributed by atoms with Gasteiger partial charge in [0.25, 0.3) is 0 Å². The van der Waals surface area contributed by atoms with Crippen molar-refractivity contribution in [3.63, 3.8) is 0 Å². The molecule has 0 rings (SSSR count). The first-order valence-corrected chi connectivity index (χ1v) is 3.00. The lowest BCUT2D eigenvalue weighted by Gasteiger charge is -2.11. The number of nitrogens with zero attached hydrogens (tertiary/aromatic N) is 1. The zero-order valence-corrected chi connectivity index (χ0v) is 6.05. The second-order valence-electron chi connectivity index (χ2n) is 1.84. The zero-order chi connectivity index (χ0) is 7.11. The largest absolute Gasteiger partial charge is 0.303 e. The molecule has 0 amide bonds. The van der Waals surface area contributed by atoms with Crippen LogP contribution >= 0.6 is 0 Å². The molecule has 0 bridgehead atoms. The monoisotopic (exact) mass is 127 g/mol. The number of hydrogen-bond donors (Lipinski definition) is 0. The number of hydroxylamine groups is 2. The highest BCUT2D eigenvalue weighted by Crippen LogP contribution is 1.89. The topological polar surface area (TPSA) is 12.5 Å². The van der Waals surface area contributed by atoms with Crippen LogP contribution in [0, 0.1) is 12.3 Å². The standard InChI is InChI=1S/C7H13NO/c1-4-5-6-7-8(2)9-3/h1H,5-7H2,2-3H3. The van der Waals surface area contributed by atoms with Crippen LogP contribution in [0.1, 0.15) is 12.8 Å². The van der Waals surface area contributed by atoms with Crippen molar-refractivity contribution in [3.8, 4) is 12.3 Å². The first-order chi connectivity index (χ1) is 4.31. The lowest BCUT2D eigenvalue weighted by molar-refractivity contribution is -0.109. The first kappa shape index (κ1) is 8.48. The highest BCUT2D eigenvalue weighted by atomic mass is 16.7. The third-order valence-electron chi connectivity index (χ3n) is 1.11. The molecule has 0 aromatic carbocycles. The second kappa shape index (κ2) is 5.61. The van der Waals surface area contributed by atoms with Gasteiger partial charge in [-0.15, -0.1) is 12.3 Å². The summed E-state index contributed by atoms with van der Waals surface area (Å²) < 4.78 is 0. The van der Waals surface area contributed by atoms with Crippen LogP contribution in [0.4, 0.5) is 0 Å². The minimum Gasteiger partial charge on any atom is -0.303 e. The molecule has 9 heavy (non-hydrogen) atoms. The summed E-state index contributed by atoms with van der Waals surface area (Å²) in [5.74, 6) is 2.56. The molecule has 0 atom stereocenters. The van der Waals surface area contributed by atoms with Gasteiger partial charge in [-0.3, -0.25) is 0 Å². The summed E-state index contributed by atoms with van der Waals surface area (Å²) in [5.41, 5.74) is 0. The van der Waals surface area contributed by atoms with E-state index < -0.39 is 0 Å². The van der Waals surface area contributed by atoms with E-state index in [-0.39, 0.29) is 0 Å². The predicted octanol–water partition coefficient (Wildman–Crippen LogP) is 0.893. The van der Waals surface area contributed by atoms with E-state index in [0.29, 0.717) is 0 Å². The Hall–Kier alpha value is -0.520. The van der Waals surface area contributed by atoms with E-state index in [1.165, 1.54) is 0 Å². The molecule has 0 radical (unpaired) electrons. The van der Waals surface area contributed by atoms with E-state index in [0.717, 1.165) is 19.4 Å². The zero-order valence-electron chi connectivity index (χ0n) is 6.05. The van der Waals surface area contributed by atoms with Crippen molar-refractivity contribution in [1.29, 1.82) is 0 Å². The van der Waals surface area contributed by atoms with Crippen LogP contribution in [0.5, 0.6) is 0 Å². The number of unbranched alkanes of at least 4 members (excludes halogenated alkanes) is 1. The minimum atomic E-state index is 0.827. The normalized spacial score (nSPS) is 9.56. The van der Waals surface area contributed by atoms with Crippen molar-refractivity contribution in [2.24, 2.45) is 0 Å². The van der Waals surface area contributed by atoms with Gasteiger partial charge in [0, 0.05) is 20.0 Å². The lowest BCUT2D eigenvalue weighted by atomic mass is 10.3. The van der Waals surface area contributed by atoms with Gasteiger partial charge in [-0.2, -0.15) is 5.06 Å². The van der Waals surface area contributed by atoms with Crippen molar-refractivity contribution < 1.29 is 4.84 Å². The molecule has 52 valence electrons. The summed E-state index contributed by atoms with van der Waals surface area (Å²) in [7, 11) is 3.53. The summed E-state index contributed by atoms with van der Waals surface area (Å²) in [6, 6.07) is 0. The van der Waals surface area contributed by atoms with Gasteiger partial charge in [0.1, 0.15) is 0 Å². The van der Waals surface area contributed by atoms with Crippen molar-refractivity contribution in [2.45, 2.75) is 12.8 Å². The Kier molecular flexibility index (Phi) is 5.29. The summed E-state index contributed by atoms with van der Waals surface area (Å²) >= 11 is 0. The first-order valence-electron chi connectivity index (χ1n) is 3.00. The molecule has 2 heteroatoms. The van der Waals surface area contributed by atoms with Crippen molar-refractivity contribution in [3.05, 3.63) is 0 Å². The van der Waals surface area contributed by atoms with Crippen LogP contribution in [-0.4, -0.2) is 25.8 Å². The third kappa shape index (κ3) is 5.35. The Bertz CT molecular complexity index is 95.6. The fourth-order valence-corrected chi connectivity index (χ4v) is 0.495. The Morgan fingerprint density at radius 3 is 2.78 bits per heavy atom. The van der Waals surface area contributed by atoms with E-state index in [1.807, 2.05) is 7.05 Å². The molecule has 0 aliphatic heterocycles. The quantitative estimate of drug-likeness (QED) is 0.316. The molecule has 0 aliphatic rings. The van der Waals surface area contributed by atoms with Gasteiger partial charge in [-0.25, -0.2) is 0 Å². The van der Waals surface area contributed by atoms with Crippen LogP contribution < -0.4 is 0 Å². The molecule has 2 nitrogen and oxygen atoms in total. The van der Waals surface area contributed by atoms with Gasteiger partial charge in [0.05, 0.1) is 7.11 Å². The summed E-state index contributed by atoms with van der Waals surface area (Å²) in [6.45, 7) is 0.903. The molecule has 0 saturated heterocycles. The van der Waals surface area contributed by atoms with Gasteiger partial charge in [-0.1, -0.05) is 0 Å². The maximum absolute atomic E-state index is 5.05. The maximum Gasteiger partial charge on any atom is 0.0575 e. The summed E-state index contributed by atoms with van der Waals surface area (Å²) in [5, 5.41) is 1.76. The van der Waals surface area contributed by atoms with E-state index >= 15 is 0 Å². The highest BCUT2D eigenvalue weighted by molar-refractivity contribution is 4.82. The number of terminal acetylenes is 1. The van der Waals surface area contributed by atoms with Crippen LogP contribution in [0.2, 0.25) is 0 Å². The number of rotatable bonds is 4. The van der Waals surface area contributed by atoms with E-state index in [4.69, 9.17) is 11.3 Å². The minimum absolute atomic E-state index is 0.827. The van der Waals surface area contributed by atoms with Crippen molar-refractivity contribution in [1.82, 2.24) is 5.06 Å². The molecule has 0 spiro atoms. The lowest BCUT2D eigenvalue weighted by Crippen LogP contribution is -2.17. The van der Waals surface area contributed by atoms with Gasteiger partial charge in [0.2, 0.25) is 0 Å². The SMILES string of the molecule is C#CCCCN(C)OC. The predicted molar refractivity (Wildman–Crippen MR) is 37.7 cm³/mol. The van der Waals surface area contributed by atoms with Crippen LogP contribution in [0.3, 0.4) is 0 Å².